The third-order valence-electron chi connectivity index (χ3n) is 2.84. The number of nitrogens with zero attached hydrogens (tertiary/aromatic N) is 1. The normalized spacial score (nSPS) is 10.5. The summed E-state index contributed by atoms with van der Waals surface area (Å²) < 4.78 is 5.50. The molecule has 1 aromatic heterocycles. The number of rotatable bonds is 5. The largest absolute Gasteiger partial charge is 0.476 e. The Balaban J connectivity index is 2.25. The van der Waals surface area contributed by atoms with Gasteiger partial charge in [0.05, 0.1) is 23.0 Å². The molecule has 0 fully saturated rings. The van der Waals surface area contributed by atoms with Gasteiger partial charge in [0.25, 0.3) is 0 Å². The lowest BCUT2D eigenvalue weighted by Crippen LogP contribution is -2.03. The topological polar surface area (TPSA) is 60.2 Å². The predicted molar refractivity (Wildman–Crippen MR) is 88.9 cm³/mol. The Bertz CT molecular complexity index is 647. The van der Waals surface area contributed by atoms with E-state index in [0.717, 1.165) is 12.0 Å². The molecule has 2 rings (SSSR count). The van der Waals surface area contributed by atoms with E-state index < -0.39 is 0 Å². The molecule has 1 heterocycles. The van der Waals surface area contributed by atoms with Crippen LogP contribution in [0.4, 0.5) is 17.2 Å². The standard InChI is InChI=1S/C15H17Cl2N3O/c1-3-6-21-15-12(18)4-5-14(20-15)19-13-8-10(16)9(2)7-11(13)17/h4-5,7-8H,3,6,18H2,1-2H3,(H,19,20). The SMILES string of the molecule is CCCOc1nc(Nc2cc(Cl)c(C)cc2Cl)ccc1N. The van der Waals surface area contributed by atoms with Crippen LogP contribution in [0, 0.1) is 6.92 Å². The zero-order valence-corrected chi connectivity index (χ0v) is 13.4. The molecule has 0 atom stereocenters. The van der Waals surface area contributed by atoms with Crippen molar-refractivity contribution in [2.24, 2.45) is 0 Å². The number of nitrogens with two attached hydrogens (primary N) is 1. The number of halogens is 2. The first-order valence-corrected chi connectivity index (χ1v) is 7.39. The minimum atomic E-state index is 0.413. The molecule has 0 unspecified atom stereocenters. The van der Waals surface area contributed by atoms with E-state index in [9.17, 15) is 0 Å². The fraction of sp³-hybridized carbons (Fsp3) is 0.267. The molecule has 0 spiro atoms. The van der Waals surface area contributed by atoms with Gasteiger partial charge in [0.1, 0.15) is 5.82 Å². The lowest BCUT2D eigenvalue weighted by Gasteiger charge is -2.12. The Morgan fingerprint density at radius 3 is 2.71 bits per heavy atom. The summed E-state index contributed by atoms with van der Waals surface area (Å²) in [5, 5.41) is 4.34. The van der Waals surface area contributed by atoms with Crippen molar-refractivity contribution in [3.05, 3.63) is 39.9 Å². The monoisotopic (exact) mass is 325 g/mol. The van der Waals surface area contributed by atoms with Gasteiger partial charge in [-0.2, -0.15) is 4.98 Å². The molecule has 4 nitrogen and oxygen atoms in total. The summed E-state index contributed by atoms with van der Waals surface area (Å²) >= 11 is 12.3. The van der Waals surface area contributed by atoms with Crippen LogP contribution in [0.2, 0.25) is 10.0 Å². The highest BCUT2D eigenvalue weighted by molar-refractivity contribution is 6.35. The van der Waals surface area contributed by atoms with Crippen molar-refractivity contribution < 1.29 is 4.74 Å². The molecule has 0 saturated carbocycles. The molecule has 0 saturated heterocycles. The number of ether oxygens (including phenoxy) is 1. The van der Waals surface area contributed by atoms with E-state index in [1.54, 1.807) is 24.3 Å². The van der Waals surface area contributed by atoms with Crippen molar-refractivity contribution in [1.82, 2.24) is 4.98 Å². The first-order valence-electron chi connectivity index (χ1n) is 6.63. The summed E-state index contributed by atoms with van der Waals surface area (Å²) in [5.41, 5.74) is 7.94. The number of nitrogen functional groups attached to an aromatic ring is 1. The van der Waals surface area contributed by atoms with Gasteiger partial charge in [0.2, 0.25) is 5.88 Å². The van der Waals surface area contributed by atoms with Gasteiger partial charge in [-0.1, -0.05) is 30.1 Å². The van der Waals surface area contributed by atoms with Gasteiger partial charge in [-0.05, 0) is 43.2 Å². The fourth-order valence-corrected chi connectivity index (χ4v) is 2.14. The van der Waals surface area contributed by atoms with E-state index in [-0.39, 0.29) is 0 Å². The van der Waals surface area contributed by atoms with Gasteiger partial charge < -0.3 is 15.8 Å². The first kappa shape index (κ1) is 15.7. The van der Waals surface area contributed by atoms with Crippen LogP contribution in [0.1, 0.15) is 18.9 Å². The molecule has 0 aliphatic carbocycles. The average Bonchev–Trinajstić information content (AvgIpc) is 2.45. The van der Waals surface area contributed by atoms with Crippen LogP contribution in [0.5, 0.6) is 5.88 Å². The summed E-state index contributed by atoms with van der Waals surface area (Å²) in [7, 11) is 0. The number of aryl methyl sites for hydroxylation is 1. The van der Waals surface area contributed by atoms with Crippen molar-refractivity contribution in [2.45, 2.75) is 20.3 Å². The number of hydrogen-bond acceptors (Lipinski definition) is 4. The highest BCUT2D eigenvalue weighted by Crippen LogP contribution is 2.31. The average molecular weight is 326 g/mol. The lowest BCUT2D eigenvalue weighted by molar-refractivity contribution is 0.307. The molecule has 3 N–H and O–H groups in total. The molecule has 21 heavy (non-hydrogen) atoms. The van der Waals surface area contributed by atoms with Crippen molar-refractivity contribution in [3.8, 4) is 5.88 Å². The van der Waals surface area contributed by atoms with E-state index in [2.05, 4.69) is 10.3 Å². The molecule has 0 aliphatic rings. The van der Waals surface area contributed by atoms with E-state index in [1.807, 2.05) is 13.8 Å². The Morgan fingerprint density at radius 2 is 2.00 bits per heavy atom. The van der Waals surface area contributed by atoms with Gasteiger partial charge in [0.15, 0.2) is 0 Å². The van der Waals surface area contributed by atoms with Gasteiger partial charge in [0, 0.05) is 5.02 Å². The zero-order chi connectivity index (χ0) is 15.4. The highest BCUT2D eigenvalue weighted by atomic mass is 35.5. The number of anilines is 3. The second-order valence-corrected chi connectivity index (χ2v) is 5.46. The van der Waals surface area contributed by atoms with Crippen LogP contribution >= 0.6 is 23.2 Å². The second kappa shape index (κ2) is 6.87. The highest BCUT2D eigenvalue weighted by Gasteiger charge is 2.08. The van der Waals surface area contributed by atoms with Crippen LogP contribution in [0.25, 0.3) is 0 Å². The van der Waals surface area contributed by atoms with Gasteiger partial charge in [-0.3, -0.25) is 0 Å². The first-order chi connectivity index (χ1) is 10.0. The third-order valence-corrected chi connectivity index (χ3v) is 3.56. The Kier molecular flexibility index (Phi) is 5.15. The summed E-state index contributed by atoms with van der Waals surface area (Å²) in [6.45, 7) is 4.49. The number of benzene rings is 1. The fourth-order valence-electron chi connectivity index (χ4n) is 1.72. The second-order valence-electron chi connectivity index (χ2n) is 4.65. The third kappa shape index (κ3) is 3.93. The molecule has 6 heteroatoms. The van der Waals surface area contributed by atoms with E-state index in [0.29, 0.717) is 39.7 Å². The lowest BCUT2D eigenvalue weighted by atomic mass is 10.2. The van der Waals surface area contributed by atoms with Crippen LogP contribution in [0.3, 0.4) is 0 Å². The van der Waals surface area contributed by atoms with Gasteiger partial charge in [-0.15, -0.1) is 0 Å². The molecule has 0 aliphatic heterocycles. The Morgan fingerprint density at radius 1 is 1.24 bits per heavy atom. The predicted octanol–water partition coefficient (Wildman–Crippen LogP) is 4.81. The summed E-state index contributed by atoms with van der Waals surface area (Å²) in [5.74, 6) is 1.01. The minimum Gasteiger partial charge on any atom is -0.476 e. The smallest absolute Gasteiger partial charge is 0.239 e. The van der Waals surface area contributed by atoms with Crippen LogP contribution in [0.15, 0.2) is 24.3 Å². The van der Waals surface area contributed by atoms with E-state index in [4.69, 9.17) is 33.7 Å². The number of hydrogen-bond donors (Lipinski definition) is 2. The number of pyridine rings is 1. The van der Waals surface area contributed by atoms with E-state index >= 15 is 0 Å². The molecule has 2 aromatic rings. The molecular weight excluding hydrogens is 309 g/mol. The number of aromatic nitrogens is 1. The zero-order valence-electron chi connectivity index (χ0n) is 11.9. The maximum Gasteiger partial charge on any atom is 0.239 e. The molecule has 0 radical (unpaired) electrons. The van der Waals surface area contributed by atoms with Crippen molar-refractivity contribution in [2.75, 3.05) is 17.7 Å². The Labute approximate surface area is 134 Å². The molecule has 112 valence electrons. The summed E-state index contributed by atoms with van der Waals surface area (Å²) in [6.07, 6.45) is 0.887. The summed E-state index contributed by atoms with van der Waals surface area (Å²) in [6, 6.07) is 7.07. The maximum atomic E-state index is 6.20. The van der Waals surface area contributed by atoms with Crippen molar-refractivity contribution in [3.63, 3.8) is 0 Å². The van der Waals surface area contributed by atoms with Crippen molar-refractivity contribution in [1.29, 1.82) is 0 Å². The van der Waals surface area contributed by atoms with Gasteiger partial charge >= 0.3 is 0 Å². The van der Waals surface area contributed by atoms with E-state index in [1.165, 1.54) is 0 Å². The van der Waals surface area contributed by atoms with Crippen LogP contribution in [-0.4, -0.2) is 11.6 Å². The minimum absolute atomic E-state index is 0.413. The quantitative estimate of drug-likeness (QED) is 0.828. The molecular formula is C15H17Cl2N3O. The van der Waals surface area contributed by atoms with Gasteiger partial charge in [-0.25, -0.2) is 0 Å². The summed E-state index contributed by atoms with van der Waals surface area (Å²) in [4.78, 5) is 4.34. The van der Waals surface area contributed by atoms with Crippen molar-refractivity contribution >= 4 is 40.4 Å². The molecule has 1 aromatic carbocycles. The molecule has 0 amide bonds. The maximum absolute atomic E-state index is 6.20. The van der Waals surface area contributed by atoms with Crippen LogP contribution in [-0.2, 0) is 0 Å². The van der Waals surface area contributed by atoms with Crippen LogP contribution < -0.4 is 15.8 Å². The number of nitrogens with one attached hydrogen (secondary N) is 1. The Hall–Kier alpha value is -1.65. The molecule has 0 bridgehead atoms.